The molecule has 0 fully saturated rings. The molecular formula is C13H17NO2. The molecule has 1 aromatic rings. The van der Waals surface area contributed by atoms with Gasteiger partial charge in [-0.1, -0.05) is 6.92 Å². The Bertz CT molecular complexity index is 388. The average molecular weight is 219 g/mol. The Labute approximate surface area is 95.8 Å². The second kappa shape index (κ2) is 5.12. The molecule has 1 aromatic carbocycles. The van der Waals surface area contributed by atoms with Gasteiger partial charge in [0.1, 0.15) is 5.75 Å². The lowest BCUT2D eigenvalue weighted by atomic mass is 10.1. The molecule has 1 aliphatic heterocycles. The van der Waals surface area contributed by atoms with E-state index in [-0.39, 0.29) is 5.78 Å². The lowest BCUT2D eigenvalue weighted by Gasteiger charge is -2.04. The predicted octanol–water partition coefficient (Wildman–Crippen LogP) is 1.80. The number of carbonyl (C=O) groups is 1. The minimum Gasteiger partial charge on any atom is -0.493 e. The van der Waals surface area contributed by atoms with Crippen molar-refractivity contribution in [1.82, 2.24) is 5.32 Å². The number of Topliss-reactive ketones (excluding diaryl/α,β-unsaturated/α-hetero) is 1. The van der Waals surface area contributed by atoms with Gasteiger partial charge in [0.25, 0.3) is 0 Å². The van der Waals surface area contributed by atoms with Crippen molar-refractivity contribution in [1.29, 1.82) is 0 Å². The molecule has 1 heterocycles. The molecule has 3 heteroatoms. The first-order valence-electron chi connectivity index (χ1n) is 5.81. The Morgan fingerprint density at radius 3 is 3.19 bits per heavy atom. The van der Waals surface area contributed by atoms with E-state index in [2.05, 4.69) is 12.2 Å². The molecule has 1 aliphatic rings. The summed E-state index contributed by atoms with van der Waals surface area (Å²) in [6, 6.07) is 5.70. The van der Waals surface area contributed by atoms with E-state index in [1.807, 2.05) is 18.2 Å². The molecule has 0 spiro atoms. The molecule has 0 unspecified atom stereocenters. The quantitative estimate of drug-likeness (QED) is 0.606. The molecule has 1 N–H and O–H groups in total. The van der Waals surface area contributed by atoms with Crippen molar-refractivity contribution in [3.63, 3.8) is 0 Å². The summed E-state index contributed by atoms with van der Waals surface area (Å²) < 4.78 is 5.40. The number of ketones is 1. The van der Waals surface area contributed by atoms with Gasteiger partial charge in [0.15, 0.2) is 5.78 Å². The van der Waals surface area contributed by atoms with Crippen molar-refractivity contribution in [3.05, 3.63) is 29.3 Å². The first-order valence-corrected chi connectivity index (χ1v) is 5.81. The molecular weight excluding hydrogens is 202 g/mol. The van der Waals surface area contributed by atoms with Crippen LogP contribution in [-0.4, -0.2) is 25.5 Å². The predicted molar refractivity (Wildman–Crippen MR) is 63.1 cm³/mol. The van der Waals surface area contributed by atoms with E-state index in [9.17, 15) is 4.79 Å². The minimum absolute atomic E-state index is 0.156. The maximum Gasteiger partial charge on any atom is 0.176 e. The van der Waals surface area contributed by atoms with Gasteiger partial charge in [-0.25, -0.2) is 0 Å². The van der Waals surface area contributed by atoms with Crippen molar-refractivity contribution in [2.75, 3.05) is 19.7 Å². The molecule has 0 bridgehead atoms. The smallest absolute Gasteiger partial charge is 0.176 e. The van der Waals surface area contributed by atoms with E-state index >= 15 is 0 Å². The Morgan fingerprint density at radius 2 is 2.38 bits per heavy atom. The normalized spacial score (nSPS) is 13.3. The van der Waals surface area contributed by atoms with Crippen molar-refractivity contribution < 1.29 is 9.53 Å². The Hall–Kier alpha value is -1.35. The summed E-state index contributed by atoms with van der Waals surface area (Å²) in [6.45, 7) is 4.14. The molecule has 0 radical (unpaired) electrons. The fourth-order valence-electron chi connectivity index (χ4n) is 1.84. The van der Waals surface area contributed by atoms with Gasteiger partial charge in [-0.15, -0.1) is 0 Å². The summed E-state index contributed by atoms with van der Waals surface area (Å²) in [7, 11) is 0. The lowest BCUT2D eigenvalue weighted by molar-refractivity contribution is 0.0991. The number of hydrogen-bond donors (Lipinski definition) is 1. The lowest BCUT2D eigenvalue weighted by Crippen LogP contribution is -2.23. The van der Waals surface area contributed by atoms with Crippen LogP contribution in [0.4, 0.5) is 0 Å². The molecule has 0 saturated carbocycles. The van der Waals surface area contributed by atoms with Gasteiger partial charge in [-0.3, -0.25) is 4.79 Å². The second-order valence-electron chi connectivity index (χ2n) is 4.02. The van der Waals surface area contributed by atoms with Gasteiger partial charge in [0.05, 0.1) is 13.2 Å². The highest BCUT2D eigenvalue weighted by Crippen LogP contribution is 2.25. The van der Waals surface area contributed by atoms with E-state index in [0.29, 0.717) is 6.54 Å². The monoisotopic (exact) mass is 219 g/mol. The third-order valence-corrected chi connectivity index (χ3v) is 2.72. The highest BCUT2D eigenvalue weighted by molar-refractivity contribution is 5.98. The minimum atomic E-state index is 0.156. The van der Waals surface area contributed by atoms with Crippen LogP contribution in [0.1, 0.15) is 29.3 Å². The third-order valence-electron chi connectivity index (χ3n) is 2.72. The number of carbonyl (C=O) groups excluding carboxylic acids is 1. The second-order valence-corrected chi connectivity index (χ2v) is 4.02. The number of rotatable bonds is 5. The Balaban J connectivity index is 2.01. The Morgan fingerprint density at radius 1 is 1.50 bits per heavy atom. The van der Waals surface area contributed by atoms with Gasteiger partial charge >= 0.3 is 0 Å². The molecule has 86 valence electrons. The van der Waals surface area contributed by atoms with Crippen LogP contribution in [0, 0.1) is 0 Å². The number of benzene rings is 1. The number of hydrogen-bond acceptors (Lipinski definition) is 3. The standard InChI is InChI=1S/C13H17NO2/c1-2-6-14-9-12(15)10-3-4-13-11(8-10)5-7-16-13/h3-4,8,14H,2,5-7,9H2,1H3. The van der Waals surface area contributed by atoms with Crippen molar-refractivity contribution in [3.8, 4) is 5.75 Å². The fourth-order valence-corrected chi connectivity index (χ4v) is 1.84. The molecule has 2 rings (SSSR count). The zero-order chi connectivity index (χ0) is 11.4. The summed E-state index contributed by atoms with van der Waals surface area (Å²) in [6.07, 6.45) is 1.96. The van der Waals surface area contributed by atoms with Crippen molar-refractivity contribution in [2.24, 2.45) is 0 Å². The largest absolute Gasteiger partial charge is 0.493 e. The molecule has 0 amide bonds. The van der Waals surface area contributed by atoms with Crippen LogP contribution in [0.25, 0.3) is 0 Å². The molecule has 0 aliphatic carbocycles. The van der Waals surface area contributed by atoms with Crippen LogP contribution in [0.15, 0.2) is 18.2 Å². The SMILES string of the molecule is CCCNCC(=O)c1ccc2c(c1)CCO2. The number of nitrogens with one attached hydrogen (secondary N) is 1. The molecule has 0 aromatic heterocycles. The van der Waals surface area contributed by atoms with Crippen LogP contribution in [0.5, 0.6) is 5.75 Å². The van der Waals surface area contributed by atoms with Gasteiger partial charge in [0, 0.05) is 12.0 Å². The molecule has 3 nitrogen and oxygen atoms in total. The van der Waals surface area contributed by atoms with Crippen LogP contribution in [0.3, 0.4) is 0 Å². The van der Waals surface area contributed by atoms with E-state index < -0.39 is 0 Å². The van der Waals surface area contributed by atoms with Crippen LogP contribution in [-0.2, 0) is 6.42 Å². The Kier molecular flexibility index (Phi) is 3.57. The highest BCUT2D eigenvalue weighted by Gasteiger charge is 2.14. The van der Waals surface area contributed by atoms with Gasteiger partial charge in [-0.2, -0.15) is 0 Å². The highest BCUT2D eigenvalue weighted by atomic mass is 16.5. The first kappa shape index (κ1) is 11.1. The van der Waals surface area contributed by atoms with Crippen LogP contribution in [0.2, 0.25) is 0 Å². The summed E-state index contributed by atoms with van der Waals surface area (Å²) in [5.41, 5.74) is 1.94. The number of fused-ring (bicyclic) bond motifs is 1. The first-order chi connectivity index (χ1) is 7.81. The third kappa shape index (κ3) is 2.42. The average Bonchev–Trinajstić information content (AvgIpc) is 2.76. The van der Waals surface area contributed by atoms with Gasteiger partial charge in [-0.05, 0) is 36.7 Å². The molecule has 16 heavy (non-hydrogen) atoms. The van der Waals surface area contributed by atoms with Crippen molar-refractivity contribution in [2.45, 2.75) is 19.8 Å². The maximum atomic E-state index is 11.8. The maximum absolute atomic E-state index is 11.8. The topological polar surface area (TPSA) is 38.3 Å². The van der Waals surface area contributed by atoms with Crippen LogP contribution < -0.4 is 10.1 Å². The summed E-state index contributed by atoms with van der Waals surface area (Å²) in [4.78, 5) is 11.8. The van der Waals surface area contributed by atoms with Gasteiger partial charge in [0.2, 0.25) is 0 Å². The number of ether oxygens (including phenoxy) is 1. The van der Waals surface area contributed by atoms with E-state index in [0.717, 1.165) is 42.9 Å². The zero-order valence-electron chi connectivity index (χ0n) is 9.58. The summed E-state index contributed by atoms with van der Waals surface area (Å²) in [5.74, 6) is 1.08. The van der Waals surface area contributed by atoms with E-state index in [1.54, 1.807) is 0 Å². The zero-order valence-corrected chi connectivity index (χ0v) is 9.58. The van der Waals surface area contributed by atoms with Crippen LogP contribution >= 0.6 is 0 Å². The fraction of sp³-hybridized carbons (Fsp3) is 0.462. The molecule has 0 saturated heterocycles. The van der Waals surface area contributed by atoms with Gasteiger partial charge < -0.3 is 10.1 Å². The van der Waals surface area contributed by atoms with E-state index in [1.165, 1.54) is 0 Å². The molecule has 0 atom stereocenters. The van der Waals surface area contributed by atoms with Crippen molar-refractivity contribution >= 4 is 5.78 Å². The summed E-state index contributed by atoms with van der Waals surface area (Å²) in [5, 5.41) is 3.12. The van der Waals surface area contributed by atoms with E-state index in [4.69, 9.17) is 4.74 Å². The summed E-state index contributed by atoms with van der Waals surface area (Å²) >= 11 is 0.